The third-order valence-electron chi connectivity index (χ3n) is 3.66. The Morgan fingerprint density at radius 1 is 1.18 bits per heavy atom. The van der Waals surface area contributed by atoms with Gasteiger partial charge in [-0.25, -0.2) is 0 Å². The minimum absolute atomic E-state index is 0.104. The fourth-order valence-electron chi connectivity index (χ4n) is 2.58. The van der Waals surface area contributed by atoms with Gasteiger partial charge in [0.1, 0.15) is 0 Å². The van der Waals surface area contributed by atoms with Gasteiger partial charge in [0.2, 0.25) is 0 Å². The van der Waals surface area contributed by atoms with Crippen molar-refractivity contribution in [3.05, 3.63) is 67.6 Å². The Hall–Kier alpha value is -1.72. The molecule has 0 unspecified atom stereocenters. The fourth-order valence-corrected chi connectivity index (χ4v) is 3.24. The van der Waals surface area contributed by atoms with Crippen molar-refractivity contribution >= 4 is 39.1 Å². The van der Waals surface area contributed by atoms with E-state index < -0.39 is 0 Å². The number of hydrogen-bond acceptors (Lipinski definition) is 2. The van der Waals surface area contributed by atoms with Gasteiger partial charge in [-0.2, -0.15) is 0 Å². The van der Waals surface area contributed by atoms with E-state index in [0.717, 1.165) is 21.2 Å². The molecule has 0 spiro atoms. The number of nitrogens with zero attached hydrogens (tertiary/aromatic N) is 1. The highest BCUT2D eigenvalue weighted by molar-refractivity contribution is 9.10. The molecule has 0 aliphatic heterocycles. The number of nitrogens with one attached hydrogen (secondary N) is 1. The molecule has 112 valence electrons. The maximum Gasteiger partial charge on any atom is 0.266 e. The zero-order valence-corrected chi connectivity index (χ0v) is 14.7. The van der Waals surface area contributed by atoms with Crippen LogP contribution in [0.1, 0.15) is 25.3 Å². The van der Waals surface area contributed by atoms with Gasteiger partial charge in [-0.3, -0.25) is 9.36 Å². The van der Waals surface area contributed by atoms with Gasteiger partial charge < -0.3 is 4.98 Å². The first-order valence-electron chi connectivity index (χ1n) is 7.03. The molecule has 0 bridgehead atoms. The van der Waals surface area contributed by atoms with Crippen LogP contribution >= 0.6 is 28.1 Å². The molecule has 3 rings (SSSR count). The Morgan fingerprint density at radius 3 is 2.64 bits per heavy atom. The molecule has 0 fully saturated rings. The summed E-state index contributed by atoms with van der Waals surface area (Å²) in [6.07, 6.45) is 0. The molecule has 0 saturated carbocycles. The first-order valence-corrected chi connectivity index (χ1v) is 8.23. The van der Waals surface area contributed by atoms with E-state index in [2.05, 4.69) is 34.8 Å². The molecule has 0 atom stereocenters. The second-order valence-electron chi connectivity index (χ2n) is 5.47. The molecule has 5 heteroatoms. The highest BCUT2D eigenvalue weighted by Gasteiger charge is 2.13. The van der Waals surface area contributed by atoms with Crippen molar-refractivity contribution in [1.82, 2.24) is 9.55 Å². The molecular weight excluding hydrogens is 360 g/mol. The largest absolute Gasteiger partial charge is 0.331 e. The average molecular weight is 375 g/mol. The molecule has 0 amide bonds. The van der Waals surface area contributed by atoms with Crippen molar-refractivity contribution in [2.45, 2.75) is 19.8 Å². The number of rotatable bonds is 2. The van der Waals surface area contributed by atoms with E-state index in [9.17, 15) is 4.79 Å². The second-order valence-corrected chi connectivity index (χ2v) is 6.78. The van der Waals surface area contributed by atoms with Gasteiger partial charge in [0.05, 0.1) is 16.6 Å². The van der Waals surface area contributed by atoms with Crippen LogP contribution in [-0.4, -0.2) is 9.55 Å². The quantitative estimate of drug-likeness (QED) is 0.645. The van der Waals surface area contributed by atoms with E-state index in [4.69, 9.17) is 12.2 Å². The fraction of sp³-hybridized carbons (Fsp3) is 0.176. The molecule has 1 N–H and O–H groups in total. The van der Waals surface area contributed by atoms with E-state index in [0.29, 0.717) is 16.1 Å². The highest BCUT2D eigenvalue weighted by atomic mass is 79.9. The summed E-state index contributed by atoms with van der Waals surface area (Å²) in [6, 6.07) is 13.4. The number of aromatic amines is 1. The molecule has 0 saturated heterocycles. The van der Waals surface area contributed by atoms with Crippen molar-refractivity contribution in [2.75, 3.05) is 0 Å². The summed E-state index contributed by atoms with van der Waals surface area (Å²) < 4.78 is 2.86. The lowest BCUT2D eigenvalue weighted by molar-refractivity contribution is 0.830. The molecule has 2 aromatic carbocycles. The lowest BCUT2D eigenvalue weighted by Crippen LogP contribution is -2.21. The smallest absolute Gasteiger partial charge is 0.266 e. The van der Waals surface area contributed by atoms with E-state index in [1.807, 2.05) is 42.5 Å². The Labute approximate surface area is 141 Å². The Morgan fingerprint density at radius 2 is 1.91 bits per heavy atom. The molecular formula is C17H15BrN2OS. The number of fused-ring (bicyclic) bond motifs is 1. The van der Waals surface area contributed by atoms with E-state index >= 15 is 0 Å². The molecule has 0 aliphatic rings. The predicted octanol–water partition coefficient (Wildman–Crippen LogP) is 4.93. The predicted molar refractivity (Wildman–Crippen MR) is 96.5 cm³/mol. The topological polar surface area (TPSA) is 37.8 Å². The van der Waals surface area contributed by atoms with Crippen molar-refractivity contribution in [1.29, 1.82) is 0 Å². The van der Waals surface area contributed by atoms with Crippen LogP contribution in [0.25, 0.3) is 16.6 Å². The van der Waals surface area contributed by atoms with Crippen LogP contribution in [0.3, 0.4) is 0 Å². The standard InChI is InChI=1S/C17H15BrN2OS/c1-10(2)12-5-3-4-6-15(12)20-16(21)13-9-11(18)7-8-14(13)19-17(20)22/h3-10H,1-2H3,(H,19,22). The SMILES string of the molecule is CC(C)c1ccccc1-n1c(=S)[nH]c2ccc(Br)cc2c1=O. The van der Waals surface area contributed by atoms with Crippen molar-refractivity contribution in [3.63, 3.8) is 0 Å². The summed E-state index contributed by atoms with van der Waals surface area (Å²) in [5.41, 5.74) is 2.58. The van der Waals surface area contributed by atoms with E-state index in [-0.39, 0.29) is 5.56 Å². The zero-order valence-electron chi connectivity index (χ0n) is 12.3. The van der Waals surface area contributed by atoms with E-state index in [1.54, 1.807) is 4.57 Å². The molecule has 22 heavy (non-hydrogen) atoms. The van der Waals surface area contributed by atoms with Crippen LogP contribution in [0, 0.1) is 4.77 Å². The van der Waals surface area contributed by atoms with Gasteiger partial charge in [0.15, 0.2) is 4.77 Å². The summed E-state index contributed by atoms with van der Waals surface area (Å²) in [6.45, 7) is 4.21. The third kappa shape index (κ3) is 2.55. The highest BCUT2D eigenvalue weighted by Crippen LogP contribution is 2.23. The van der Waals surface area contributed by atoms with Gasteiger partial charge in [0, 0.05) is 4.47 Å². The number of benzene rings is 2. The molecule has 0 aliphatic carbocycles. The normalized spacial score (nSPS) is 11.3. The summed E-state index contributed by atoms with van der Waals surface area (Å²) in [4.78, 5) is 16.1. The Bertz CT molecular complexity index is 972. The summed E-state index contributed by atoms with van der Waals surface area (Å²) >= 11 is 8.84. The summed E-state index contributed by atoms with van der Waals surface area (Å²) in [5.74, 6) is 0.302. The molecule has 1 aromatic heterocycles. The monoisotopic (exact) mass is 374 g/mol. The van der Waals surface area contributed by atoms with Crippen molar-refractivity contribution < 1.29 is 0 Å². The first-order chi connectivity index (χ1) is 10.5. The van der Waals surface area contributed by atoms with Gasteiger partial charge in [0.25, 0.3) is 5.56 Å². The van der Waals surface area contributed by atoms with E-state index in [1.165, 1.54) is 0 Å². The number of hydrogen-bond donors (Lipinski definition) is 1. The minimum atomic E-state index is -0.104. The maximum absolute atomic E-state index is 12.9. The number of H-pyrrole nitrogens is 1. The molecule has 3 nitrogen and oxygen atoms in total. The summed E-state index contributed by atoms with van der Waals surface area (Å²) in [5, 5.41) is 0.613. The van der Waals surface area contributed by atoms with Gasteiger partial charge in [-0.05, 0) is 48.0 Å². The molecule has 1 heterocycles. The van der Waals surface area contributed by atoms with Crippen LogP contribution in [0.5, 0.6) is 0 Å². The van der Waals surface area contributed by atoms with Crippen LogP contribution in [0.4, 0.5) is 0 Å². The third-order valence-corrected chi connectivity index (χ3v) is 4.44. The van der Waals surface area contributed by atoms with Crippen LogP contribution < -0.4 is 5.56 Å². The lowest BCUT2D eigenvalue weighted by Gasteiger charge is -2.15. The van der Waals surface area contributed by atoms with Gasteiger partial charge in [-0.15, -0.1) is 0 Å². The maximum atomic E-state index is 12.9. The van der Waals surface area contributed by atoms with Crippen LogP contribution in [0.15, 0.2) is 51.7 Å². The number of aromatic nitrogens is 2. The zero-order chi connectivity index (χ0) is 15.9. The van der Waals surface area contributed by atoms with Gasteiger partial charge in [-0.1, -0.05) is 48.0 Å². The number of para-hydroxylation sites is 1. The Kier molecular flexibility index (Phi) is 4.02. The molecule has 3 aromatic rings. The average Bonchev–Trinajstić information content (AvgIpc) is 2.48. The van der Waals surface area contributed by atoms with Gasteiger partial charge >= 0.3 is 0 Å². The van der Waals surface area contributed by atoms with Crippen molar-refractivity contribution in [2.24, 2.45) is 0 Å². The lowest BCUT2D eigenvalue weighted by atomic mass is 10.0. The minimum Gasteiger partial charge on any atom is -0.331 e. The van der Waals surface area contributed by atoms with Crippen molar-refractivity contribution in [3.8, 4) is 5.69 Å². The number of halogens is 1. The Balaban J connectivity index is 2.42. The van der Waals surface area contributed by atoms with Crippen LogP contribution in [0.2, 0.25) is 0 Å². The first kappa shape index (κ1) is 15.2. The molecule has 0 radical (unpaired) electrons. The summed E-state index contributed by atoms with van der Waals surface area (Å²) in [7, 11) is 0. The second kappa shape index (κ2) is 5.82. The van der Waals surface area contributed by atoms with Crippen LogP contribution in [-0.2, 0) is 0 Å².